The van der Waals surface area contributed by atoms with Crippen molar-refractivity contribution in [2.45, 2.75) is 13.8 Å². The molecule has 3 nitrogen and oxygen atoms in total. The number of carbonyl (C=O) groups excluding carboxylic acids is 1. The van der Waals surface area contributed by atoms with Crippen molar-refractivity contribution in [1.29, 1.82) is 0 Å². The molecule has 0 radical (unpaired) electrons. The Balaban J connectivity index is 2.18. The van der Waals surface area contributed by atoms with Crippen LogP contribution in [0.4, 0.5) is 11.4 Å². The number of anilines is 2. The van der Waals surface area contributed by atoms with Gasteiger partial charge in [-0.05, 0) is 65.7 Å². The van der Waals surface area contributed by atoms with Gasteiger partial charge in [-0.15, -0.1) is 0 Å². The van der Waals surface area contributed by atoms with Gasteiger partial charge < -0.3 is 10.6 Å². The molecular formula is C16H17BrN2O. The molecule has 0 bridgehead atoms. The van der Waals surface area contributed by atoms with E-state index in [9.17, 15) is 4.79 Å². The Morgan fingerprint density at radius 1 is 1.15 bits per heavy atom. The highest BCUT2D eigenvalue weighted by Crippen LogP contribution is 2.23. The lowest BCUT2D eigenvalue weighted by Crippen LogP contribution is -2.12. The van der Waals surface area contributed by atoms with Crippen LogP contribution in [0, 0.1) is 6.92 Å². The molecule has 0 saturated heterocycles. The average molecular weight is 333 g/mol. The van der Waals surface area contributed by atoms with Crippen LogP contribution in [0.1, 0.15) is 22.8 Å². The first-order chi connectivity index (χ1) is 9.61. The van der Waals surface area contributed by atoms with E-state index in [2.05, 4.69) is 26.6 Å². The van der Waals surface area contributed by atoms with Gasteiger partial charge in [-0.3, -0.25) is 4.79 Å². The van der Waals surface area contributed by atoms with Crippen LogP contribution >= 0.6 is 15.9 Å². The van der Waals surface area contributed by atoms with Crippen molar-refractivity contribution in [3.05, 3.63) is 58.1 Å². The maximum absolute atomic E-state index is 12.2. The Kier molecular flexibility index (Phi) is 4.79. The van der Waals surface area contributed by atoms with Crippen molar-refractivity contribution >= 4 is 33.2 Å². The van der Waals surface area contributed by atoms with Crippen LogP contribution in [-0.4, -0.2) is 12.5 Å². The summed E-state index contributed by atoms with van der Waals surface area (Å²) in [5.41, 5.74) is 3.54. The molecule has 0 unspecified atom stereocenters. The lowest BCUT2D eigenvalue weighted by Gasteiger charge is -2.11. The predicted octanol–water partition coefficient (Wildman–Crippen LogP) is 4.44. The van der Waals surface area contributed by atoms with E-state index >= 15 is 0 Å². The third kappa shape index (κ3) is 3.39. The summed E-state index contributed by atoms with van der Waals surface area (Å²) >= 11 is 3.42. The Morgan fingerprint density at radius 2 is 1.90 bits per heavy atom. The molecule has 2 aromatic rings. The summed E-state index contributed by atoms with van der Waals surface area (Å²) < 4.78 is 0.870. The summed E-state index contributed by atoms with van der Waals surface area (Å²) in [4.78, 5) is 12.2. The fraction of sp³-hybridized carbons (Fsp3) is 0.188. The minimum absolute atomic E-state index is 0.108. The molecule has 0 aliphatic heterocycles. The van der Waals surface area contributed by atoms with Crippen molar-refractivity contribution in [3.63, 3.8) is 0 Å². The van der Waals surface area contributed by atoms with Gasteiger partial charge in [0.1, 0.15) is 0 Å². The minimum atomic E-state index is -0.108. The number of hydrogen-bond acceptors (Lipinski definition) is 2. The van der Waals surface area contributed by atoms with Gasteiger partial charge in [0.15, 0.2) is 0 Å². The Hall–Kier alpha value is -1.81. The van der Waals surface area contributed by atoms with Gasteiger partial charge >= 0.3 is 0 Å². The van der Waals surface area contributed by atoms with Crippen molar-refractivity contribution in [2.24, 2.45) is 0 Å². The minimum Gasteiger partial charge on any atom is -0.385 e. The molecule has 1 amide bonds. The predicted molar refractivity (Wildman–Crippen MR) is 87.4 cm³/mol. The van der Waals surface area contributed by atoms with Gasteiger partial charge in [0.25, 0.3) is 5.91 Å². The van der Waals surface area contributed by atoms with Crippen LogP contribution in [0.3, 0.4) is 0 Å². The van der Waals surface area contributed by atoms with Crippen LogP contribution < -0.4 is 10.6 Å². The Morgan fingerprint density at radius 3 is 2.55 bits per heavy atom. The molecule has 0 saturated carbocycles. The summed E-state index contributed by atoms with van der Waals surface area (Å²) in [6.45, 7) is 4.91. The normalized spacial score (nSPS) is 10.2. The third-order valence-electron chi connectivity index (χ3n) is 2.98. The van der Waals surface area contributed by atoms with Gasteiger partial charge in [0.05, 0.1) is 5.69 Å². The Labute approximate surface area is 127 Å². The number of aryl methyl sites for hydroxylation is 1. The van der Waals surface area contributed by atoms with E-state index in [1.807, 2.05) is 56.3 Å². The van der Waals surface area contributed by atoms with Crippen LogP contribution in [0.5, 0.6) is 0 Å². The van der Waals surface area contributed by atoms with E-state index in [4.69, 9.17) is 0 Å². The van der Waals surface area contributed by atoms with E-state index in [0.29, 0.717) is 5.56 Å². The maximum Gasteiger partial charge on any atom is 0.255 e. The highest BCUT2D eigenvalue weighted by molar-refractivity contribution is 9.10. The number of hydrogen-bond donors (Lipinski definition) is 2. The zero-order valence-electron chi connectivity index (χ0n) is 11.5. The second-order valence-corrected chi connectivity index (χ2v) is 5.35. The fourth-order valence-electron chi connectivity index (χ4n) is 1.95. The van der Waals surface area contributed by atoms with Gasteiger partial charge in [-0.2, -0.15) is 0 Å². The monoisotopic (exact) mass is 332 g/mol. The van der Waals surface area contributed by atoms with Crippen LogP contribution in [0.15, 0.2) is 46.9 Å². The highest BCUT2D eigenvalue weighted by atomic mass is 79.9. The van der Waals surface area contributed by atoms with Gasteiger partial charge in [-0.1, -0.05) is 12.1 Å². The first-order valence-corrected chi connectivity index (χ1v) is 7.31. The molecule has 0 fully saturated rings. The molecule has 2 N–H and O–H groups in total. The molecule has 0 aromatic heterocycles. The van der Waals surface area contributed by atoms with E-state index in [-0.39, 0.29) is 5.91 Å². The number of para-hydroxylation sites is 1. The average Bonchev–Trinajstić information content (AvgIpc) is 2.43. The second-order valence-electron chi connectivity index (χ2n) is 4.49. The number of halogens is 1. The van der Waals surface area contributed by atoms with E-state index in [0.717, 1.165) is 28.0 Å². The molecule has 0 atom stereocenters. The molecule has 0 aliphatic carbocycles. The number of benzene rings is 2. The molecule has 4 heteroatoms. The molecule has 0 heterocycles. The fourth-order valence-corrected chi connectivity index (χ4v) is 2.33. The maximum atomic E-state index is 12.2. The summed E-state index contributed by atoms with van der Waals surface area (Å²) in [7, 11) is 0. The SMILES string of the molecule is CCNc1ccc(C(=O)Nc2ccccc2Br)cc1C. The zero-order chi connectivity index (χ0) is 14.5. The molecular weight excluding hydrogens is 316 g/mol. The largest absolute Gasteiger partial charge is 0.385 e. The molecule has 2 aromatic carbocycles. The summed E-state index contributed by atoms with van der Waals surface area (Å²) in [6, 6.07) is 13.2. The molecule has 104 valence electrons. The summed E-state index contributed by atoms with van der Waals surface area (Å²) in [5.74, 6) is -0.108. The molecule has 0 aliphatic rings. The highest BCUT2D eigenvalue weighted by Gasteiger charge is 2.09. The smallest absolute Gasteiger partial charge is 0.255 e. The lowest BCUT2D eigenvalue weighted by molar-refractivity contribution is 0.102. The van der Waals surface area contributed by atoms with Crippen molar-refractivity contribution in [1.82, 2.24) is 0 Å². The first kappa shape index (κ1) is 14.6. The standard InChI is InChI=1S/C16H17BrN2O/c1-3-18-14-9-8-12(10-11(14)2)16(20)19-15-7-5-4-6-13(15)17/h4-10,18H,3H2,1-2H3,(H,19,20). The Bertz CT molecular complexity index is 626. The number of rotatable bonds is 4. The van der Waals surface area contributed by atoms with E-state index in [1.54, 1.807) is 0 Å². The van der Waals surface area contributed by atoms with Crippen LogP contribution in [0.25, 0.3) is 0 Å². The van der Waals surface area contributed by atoms with Crippen LogP contribution in [0.2, 0.25) is 0 Å². The molecule has 20 heavy (non-hydrogen) atoms. The lowest BCUT2D eigenvalue weighted by atomic mass is 10.1. The molecule has 2 rings (SSSR count). The van der Waals surface area contributed by atoms with Gasteiger partial charge in [0, 0.05) is 22.3 Å². The topological polar surface area (TPSA) is 41.1 Å². The van der Waals surface area contributed by atoms with Gasteiger partial charge in [-0.25, -0.2) is 0 Å². The molecule has 0 spiro atoms. The third-order valence-corrected chi connectivity index (χ3v) is 3.67. The quantitative estimate of drug-likeness (QED) is 0.868. The first-order valence-electron chi connectivity index (χ1n) is 6.52. The van der Waals surface area contributed by atoms with Crippen LogP contribution in [-0.2, 0) is 0 Å². The van der Waals surface area contributed by atoms with Gasteiger partial charge in [0.2, 0.25) is 0 Å². The number of amides is 1. The zero-order valence-corrected chi connectivity index (χ0v) is 13.1. The number of nitrogens with one attached hydrogen (secondary N) is 2. The second kappa shape index (κ2) is 6.57. The van der Waals surface area contributed by atoms with E-state index < -0.39 is 0 Å². The van der Waals surface area contributed by atoms with Crippen molar-refractivity contribution in [3.8, 4) is 0 Å². The summed E-state index contributed by atoms with van der Waals surface area (Å²) in [6.07, 6.45) is 0. The van der Waals surface area contributed by atoms with Crippen molar-refractivity contribution in [2.75, 3.05) is 17.2 Å². The summed E-state index contributed by atoms with van der Waals surface area (Å²) in [5, 5.41) is 6.16. The number of carbonyl (C=O) groups is 1. The van der Waals surface area contributed by atoms with Crippen molar-refractivity contribution < 1.29 is 4.79 Å². The van der Waals surface area contributed by atoms with E-state index in [1.165, 1.54) is 0 Å².